The highest BCUT2D eigenvalue weighted by Gasteiger charge is 2.30. The number of hydrogen-bond acceptors (Lipinski definition) is 16. The molecule has 0 N–H and O–H groups in total. The van der Waals surface area contributed by atoms with Gasteiger partial charge in [0.1, 0.15) is 36.1 Å². The molecule has 14 nitrogen and oxygen atoms in total. The average Bonchev–Trinajstić information content (AvgIpc) is 1.81. The van der Waals surface area contributed by atoms with Crippen molar-refractivity contribution in [3.05, 3.63) is 301 Å². The quantitative estimate of drug-likeness (QED) is 0.102. The molecule has 0 saturated carbocycles. The zero-order chi connectivity index (χ0) is 91.7. The van der Waals surface area contributed by atoms with Crippen molar-refractivity contribution in [1.29, 1.82) is 0 Å². The van der Waals surface area contributed by atoms with Crippen molar-refractivity contribution < 1.29 is 22.5 Å². The molecule has 14 rings (SSSR count). The lowest BCUT2D eigenvalue weighted by Gasteiger charge is -2.17. The highest BCUT2D eigenvalue weighted by atomic mass is 32.1. The van der Waals surface area contributed by atoms with Crippen LogP contribution in [0.5, 0.6) is 0 Å². The standard InChI is InChI=1S/C9H10F2.C9H12.C8H15NO.2C8H11N.C8H12.C7H12N2.C7H10N2.C7H10O.2C7H10S.C6H12N2.C6H9NO.C6H9NS/c1-6(2)8-4-3-7(10)5-9(8)11;1-8(2)9-6-4-3-5-7-9;1-5(2)8-6(3)9-10-7(8)4;2*1-7(2)8-5-3-4-6-9-8;1-7(2)8-5-3-4-6-8;1-6(2)7-4-8-9(3)5-7;1-6(2)7-3-4-8-5-9-7;1-6(2)7-4-3-5-8-7;1-6(2)7-3-4-8-5-7;1-6(2)7-4-3-5-8-7;1-6(2)8-5-3-4-7-8;2*1-5(2)6-7-3-4-8-6/h3-6H,1-2H3;3-8H,1-2H3;5,7-8H,1-4H3;2*3-7H,1-2H3;3,5-7H,4H2,1-2H3;4-6H,1-3H3;3-6H,1-2H3;3*3-6H,1-2H3;4,6H,3,5H2,1-2H3;2*3-5H,1-2H3. The van der Waals surface area contributed by atoms with Crippen molar-refractivity contribution in [3.63, 3.8) is 0 Å². The number of hydrazone groups is 1. The van der Waals surface area contributed by atoms with Crippen LogP contribution in [0.3, 0.4) is 0 Å². The second-order valence-corrected chi connectivity index (χ2v) is 36.5. The molecule has 1 aliphatic carbocycles. The summed E-state index contributed by atoms with van der Waals surface area (Å²) >= 11 is 5.32. The van der Waals surface area contributed by atoms with E-state index < -0.39 is 11.6 Å². The number of pyridine rings is 2. The molecular weight excluding hydrogens is 1570 g/mol. The summed E-state index contributed by atoms with van der Waals surface area (Å²) in [6.07, 6.45) is 29.0. The van der Waals surface area contributed by atoms with E-state index in [1.54, 1.807) is 53.9 Å². The van der Waals surface area contributed by atoms with E-state index in [0.29, 0.717) is 88.5 Å². The Morgan fingerprint density at radius 2 is 1.11 bits per heavy atom. The number of allylic oxidation sites excluding steroid dienone is 4. The van der Waals surface area contributed by atoms with E-state index in [9.17, 15) is 8.78 Å². The van der Waals surface area contributed by atoms with Gasteiger partial charge in [0.25, 0.3) is 0 Å². The van der Waals surface area contributed by atoms with Gasteiger partial charge < -0.3 is 13.7 Å². The van der Waals surface area contributed by atoms with Gasteiger partial charge in [-0.05, 0) is 198 Å². The van der Waals surface area contributed by atoms with Gasteiger partial charge >= 0.3 is 0 Å². The first-order valence-electron chi connectivity index (χ1n) is 43.6. The summed E-state index contributed by atoms with van der Waals surface area (Å²) in [4.78, 5) is 30.9. The zero-order valence-corrected chi connectivity index (χ0v) is 82.4. The third-order valence-electron chi connectivity index (χ3n) is 18.4. The molecule has 2 aliphatic heterocycles. The van der Waals surface area contributed by atoms with Crippen LogP contribution in [0.4, 0.5) is 8.78 Å². The summed E-state index contributed by atoms with van der Waals surface area (Å²) in [5.74, 6) is 8.66. The second kappa shape index (κ2) is 64.6. The first-order valence-corrected chi connectivity index (χ1v) is 46.3. The lowest BCUT2D eigenvalue weighted by Crippen LogP contribution is -2.24. The smallest absolute Gasteiger partial charge is 0.196 e. The van der Waals surface area contributed by atoms with Gasteiger partial charge in [0.05, 0.1) is 29.4 Å². The van der Waals surface area contributed by atoms with Gasteiger partial charge in [-0.3, -0.25) is 19.7 Å². The van der Waals surface area contributed by atoms with Crippen LogP contribution in [-0.2, 0) is 11.9 Å². The summed E-state index contributed by atoms with van der Waals surface area (Å²) < 4.78 is 37.1. The molecule has 0 spiro atoms. The predicted octanol–water partition coefficient (Wildman–Crippen LogP) is 31.3. The molecule has 0 saturated heterocycles. The third-order valence-corrected chi connectivity index (χ3v) is 21.3. The molecule has 2 atom stereocenters. The van der Waals surface area contributed by atoms with Crippen molar-refractivity contribution in [2.24, 2.45) is 35.1 Å². The second-order valence-electron chi connectivity index (χ2n) is 33.9. The Bertz CT molecular complexity index is 3950. The fourth-order valence-electron chi connectivity index (χ4n) is 10.9. The van der Waals surface area contributed by atoms with Crippen molar-refractivity contribution in [1.82, 2.24) is 44.7 Å². The Hall–Kier alpha value is -9.17. The van der Waals surface area contributed by atoms with Crippen molar-refractivity contribution >= 4 is 45.9 Å². The molecule has 19 heteroatoms. The molecule has 0 fully saturated rings. The molecule has 122 heavy (non-hydrogen) atoms. The van der Waals surface area contributed by atoms with Gasteiger partial charge in [-0.15, -0.1) is 22.7 Å². The van der Waals surface area contributed by atoms with Crippen molar-refractivity contribution in [2.75, 3.05) is 6.54 Å². The highest BCUT2D eigenvalue weighted by Crippen LogP contribution is 2.26. The van der Waals surface area contributed by atoms with Gasteiger partial charge in [-0.1, -0.05) is 258 Å². The maximum atomic E-state index is 12.9. The Morgan fingerprint density at radius 1 is 0.492 bits per heavy atom. The van der Waals surface area contributed by atoms with Crippen LogP contribution >= 0.6 is 34.0 Å². The zero-order valence-electron chi connectivity index (χ0n) is 79.9. The van der Waals surface area contributed by atoms with Crippen LogP contribution in [0.15, 0.2) is 248 Å². The Labute approximate surface area is 748 Å². The van der Waals surface area contributed by atoms with E-state index in [2.05, 4.69) is 300 Å². The SMILES string of the molecule is CC(C)C1=CCC=C1.CC(C)N1CCC=N1.CC(C)c1ccc(F)cc1F.CC(C)c1ccccc1.CC(C)c1ccccn1.CC(C)c1ccccn1.CC(C)c1ccco1.CC(C)c1cccs1.CC(C)c1ccncn1.CC(C)c1ccsc1.CC(C)c1cnn(C)c1.CC(C)c1ncco1.CC(C)c1nccs1.CC1=NOC(C)C1C(C)C. The summed E-state index contributed by atoms with van der Waals surface area (Å²) in [6, 6.07) is 39.1. The van der Waals surface area contributed by atoms with E-state index in [0.717, 1.165) is 59.9 Å². The Kier molecular flexibility index (Phi) is 58.7. The number of halogens is 2. The number of benzene rings is 2. The van der Waals surface area contributed by atoms with Crippen LogP contribution in [-0.4, -0.2) is 75.3 Å². The largest absolute Gasteiger partial charge is 0.469 e. The summed E-state index contributed by atoms with van der Waals surface area (Å²) in [5, 5.41) is 23.9. The number of aromatic nitrogens is 8. The monoisotopic (exact) mass is 1730 g/mol. The first-order chi connectivity index (χ1) is 57.8. The molecular formula is C103H153F2N11O3S3. The van der Waals surface area contributed by atoms with E-state index in [1.165, 1.54) is 44.3 Å². The van der Waals surface area contributed by atoms with Gasteiger partial charge in [0.2, 0.25) is 0 Å². The number of oxime groups is 1. The van der Waals surface area contributed by atoms with Gasteiger partial charge in [-0.2, -0.15) is 21.5 Å². The lowest BCUT2D eigenvalue weighted by molar-refractivity contribution is 0.0654. The molecule has 11 aromatic rings. The molecule has 9 aromatic heterocycles. The summed E-state index contributed by atoms with van der Waals surface area (Å²) in [7, 11) is 1.94. The van der Waals surface area contributed by atoms with E-state index in [-0.39, 0.29) is 12.0 Å². The maximum absolute atomic E-state index is 12.9. The number of nitrogens with zero attached hydrogens (tertiary/aromatic N) is 11. The number of aryl methyl sites for hydroxylation is 1. The van der Waals surface area contributed by atoms with Crippen LogP contribution in [0, 0.1) is 29.4 Å². The van der Waals surface area contributed by atoms with E-state index in [4.69, 9.17) is 13.7 Å². The van der Waals surface area contributed by atoms with Crippen molar-refractivity contribution in [3.8, 4) is 0 Å². The third kappa shape index (κ3) is 50.4. The molecule has 2 unspecified atom stereocenters. The van der Waals surface area contributed by atoms with Gasteiger partial charge in [-0.25, -0.2) is 28.7 Å². The lowest BCUT2D eigenvalue weighted by atomic mass is 9.88. The molecule has 11 heterocycles. The number of hydrogen-bond donors (Lipinski definition) is 0. The number of oxazole rings is 1. The highest BCUT2D eigenvalue weighted by molar-refractivity contribution is 7.10. The first kappa shape index (κ1) is 111. The van der Waals surface area contributed by atoms with E-state index in [1.807, 2.05) is 161 Å². The van der Waals surface area contributed by atoms with Gasteiger partial charge in [0.15, 0.2) is 5.89 Å². The number of thiophene rings is 2. The fraction of sp³-hybridized carbons (Fsp3) is 0.485. The molecule has 3 aliphatic rings. The average molecular weight is 1730 g/mol. The van der Waals surface area contributed by atoms with Crippen LogP contribution in [0.25, 0.3) is 0 Å². The number of furan rings is 1. The topological polar surface area (TPSA) is 159 Å². The van der Waals surface area contributed by atoms with Gasteiger partial charge in [0, 0.05) is 120 Å². The van der Waals surface area contributed by atoms with Crippen LogP contribution in [0.2, 0.25) is 0 Å². The maximum Gasteiger partial charge on any atom is 0.196 e. The number of thiazole rings is 1. The molecule has 0 radical (unpaired) electrons. The summed E-state index contributed by atoms with van der Waals surface area (Å²) in [6.45, 7) is 65.1. The minimum Gasteiger partial charge on any atom is -0.469 e. The Balaban J connectivity index is 0.000000657. The molecule has 0 amide bonds. The molecule has 2 aromatic carbocycles. The number of rotatable bonds is 14. The van der Waals surface area contributed by atoms with Crippen LogP contribution in [0.1, 0.15) is 347 Å². The summed E-state index contributed by atoms with van der Waals surface area (Å²) in [5.41, 5.74) is 10.8. The minimum atomic E-state index is -0.521. The molecule has 0 bridgehead atoms. The van der Waals surface area contributed by atoms with Crippen LogP contribution < -0.4 is 0 Å². The molecule has 670 valence electrons. The minimum absolute atomic E-state index is 0.107. The normalized spacial score (nSPS) is 13.2. The van der Waals surface area contributed by atoms with E-state index >= 15 is 0 Å². The van der Waals surface area contributed by atoms with Crippen molar-refractivity contribution in [2.45, 2.75) is 298 Å². The fourth-order valence-corrected chi connectivity index (χ4v) is 13.1. The predicted molar refractivity (Wildman–Crippen MR) is 521 cm³/mol. The Morgan fingerprint density at radius 3 is 1.37 bits per heavy atom.